The maximum Gasteiger partial charge on any atom is 0.416 e. The van der Waals surface area contributed by atoms with Crippen LogP contribution in [0.1, 0.15) is 42.4 Å². The van der Waals surface area contributed by atoms with E-state index in [9.17, 15) is 27.6 Å². The molecule has 0 aliphatic carbocycles. The highest BCUT2D eigenvalue weighted by molar-refractivity contribution is 9.11. The number of anilines is 1. The fourth-order valence-corrected chi connectivity index (χ4v) is 4.66. The number of hydrogen-bond acceptors (Lipinski definition) is 6. The van der Waals surface area contributed by atoms with Gasteiger partial charge >= 0.3 is 12.1 Å². The molecule has 0 unspecified atom stereocenters. The second-order valence-corrected chi connectivity index (χ2v) is 9.76. The number of hydrogen-bond donors (Lipinski definition) is 2. The minimum absolute atomic E-state index is 0.00830. The van der Waals surface area contributed by atoms with E-state index in [4.69, 9.17) is 9.15 Å². The molecule has 2 amide bonds. The third kappa shape index (κ3) is 7.24. The molecule has 8 nitrogen and oxygen atoms in total. The van der Waals surface area contributed by atoms with Gasteiger partial charge in [-0.25, -0.2) is 10.2 Å². The number of furan rings is 1. The van der Waals surface area contributed by atoms with E-state index in [1.807, 2.05) is 0 Å². The molecule has 0 saturated heterocycles. The summed E-state index contributed by atoms with van der Waals surface area (Å²) in [4.78, 5) is 37.5. The van der Waals surface area contributed by atoms with Crippen molar-refractivity contribution < 1.29 is 36.7 Å². The van der Waals surface area contributed by atoms with Crippen LogP contribution in [0.3, 0.4) is 0 Å². The molecule has 0 fully saturated rings. The molecule has 0 aliphatic heterocycles. The Morgan fingerprint density at radius 3 is 2.33 bits per heavy atom. The predicted molar refractivity (Wildman–Crippen MR) is 146 cm³/mol. The van der Waals surface area contributed by atoms with Crippen LogP contribution in [0, 0.1) is 0 Å². The summed E-state index contributed by atoms with van der Waals surface area (Å²) in [5, 5.41) is 6.40. The first kappa shape index (κ1) is 28.8. The van der Waals surface area contributed by atoms with Gasteiger partial charge in [0, 0.05) is 26.9 Å². The van der Waals surface area contributed by atoms with Gasteiger partial charge < -0.3 is 14.5 Å². The molecule has 0 radical (unpaired) electrons. The van der Waals surface area contributed by atoms with Crippen LogP contribution in [0.15, 0.2) is 97.5 Å². The molecule has 1 heterocycles. The van der Waals surface area contributed by atoms with E-state index in [-0.39, 0.29) is 28.3 Å². The lowest BCUT2D eigenvalue weighted by atomic mass is 10.1. The van der Waals surface area contributed by atoms with E-state index in [2.05, 4.69) is 47.7 Å². The average molecular weight is 679 g/mol. The zero-order valence-corrected chi connectivity index (χ0v) is 23.1. The topological polar surface area (TPSA) is 110 Å². The molecule has 4 rings (SSSR count). The van der Waals surface area contributed by atoms with Crippen molar-refractivity contribution >= 4 is 61.5 Å². The van der Waals surface area contributed by atoms with Gasteiger partial charge in [0.25, 0.3) is 11.8 Å². The third-order valence-electron chi connectivity index (χ3n) is 5.16. The van der Waals surface area contributed by atoms with Crippen molar-refractivity contribution in [2.24, 2.45) is 5.10 Å². The summed E-state index contributed by atoms with van der Waals surface area (Å²) in [6, 6.07) is 16.0. The molecule has 0 atom stereocenters. The standard InChI is InChI=1S/C27H16Br2F3N3O5/c28-19-11-17(23(21(29)13-19)40-26(38)22-8-3-9-39-22)14-33-35-25(37)16-5-2-7-20(12-16)34-24(36)15-4-1-6-18(10-15)27(30,31)32/h1-14H,(H,34,36)(H,35,37). The van der Waals surface area contributed by atoms with Crippen LogP contribution in [0.2, 0.25) is 0 Å². The number of nitrogens with one attached hydrogen (secondary N) is 2. The second-order valence-electron chi connectivity index (χ2n) is 7.99. The number of esters is 1. The molecule has 0 saturated carbocycles. The van der Waals surface area contributed by atoms with Gasteiger partial charge in [0.2, 0.25) is 5.76 Å². The smallest absolute Gasteiger partial charge is 0.416 e. The number of nitrogens with zero attached hydrogens (tertiary/aromatic N) is 1. The van der Waals surface area contributed by atoms with E-state index >= 15 is 0 Å². The van der Waals surface area contributed by atoms with Gasteiger partial charge in [-0.2, -0.15) is 18.3 Å². The highest BCUT2D eigenvalue weighted by atomic mass is 79.9. The van der Waals surface area contributed by atoms with Crippen LogP contribution in [-0.2, 0) is 6.18 Å². The number of alkyl halides is 3. The fraction of sp³-hybridized carbons (Fsp3) is 0.0370. The van der Waals surface area contributed by atoms with Gasteiger partial charge in [-0.15, -0.1) is 0 Å². The van der Waals surface area contributed by atoms with Gasteiger partial charge in [0.15, 0.2) is 5.75 Å². The van der Waals surface area contributed by atoms with Crippen molar-refractivity contribution in [1.29, 1.82) is 0 Å². The Balaban J connectivity index is 1.45. The highest BCUT2D eigenvalue weighted by Crippen LogP contribution is 2.33. The molecule has 2 N–H and O–H groups in total. The van der Waals surface area contributed by atoms with Crippen molar-refractivity contribution in [2.45, 2.75) is 6.18 Å². The Morgan fingerprint density at radius 2 is 1.62 bits per heavy atom. The summed E-state index contributed by atoms with van der Waals surface area (Å²) in [6.45, 7) is 0. The number of amides is 2. The van der Waals surface area contributed by atoms with Gasteiger partial charge in [0.1, 0.15) is 0 Å². The number of carbonyl (C=O) groups is 3. The van der Waals surface area contributed by atoms with Crippen molar-refractivity contribution in [2.75, 3.05) is 5.32 Å². The van der Waals surface area contributed by atoms with E-state index < -0.39 is 29.5 Å². The molecular formula is C27H16Br2F3N3O5. The van der Waals surface area contributed by atoms with Crippen LogP contribution in [-0.4, -0.2) is 24.0 Å². The summed E-state index contributed by atoms with van der Waals surface area (Å²) in [6.07, 6.45) is -2.00. The van der Waals surface area contributed by atoms with E-state index in [0.29, 0.717) is 14.5 Å². The van der Waals surface area contributed by atoms with Crippen LogP contribution < -0.4 is 15.5 Å². The quantitative estimate of drug-likeness (QED) is 0.0942. The molecule has 0 aliphatic rings. The van der Waals surface area contributed by atoms with Gasteiger partial charge in [-0.1, -0.05) is 28.1 Å². The zero-order chi connectivity index (χ0) is 28.9. The molecule has 204 valence electrons. The zero-order valence-electron chi connectivity index (χ0n) is 20.0. The van der Waals surface area contributed by atoms with Gasteiger partial charge in [-0.3, -0.25) is 9.59 Å². The molecule has 13 heteroatoms. The van der Waals surface area contributed by atoms with Crippen LogP contribution in [0.5, 0.6) is 5.75 Å². The Morgan fingerprint density at radius 1 is 0.900 bits per heavy atom. The van der Waals surface area contributed by atoms with Crippen LogP contribution >= 0.6 is 31.9 Å². The normalized spacial score (nSPS) is 11.3. The van der Waals surface area contributed by atoms with Gasteiger partial charge in [0.05, 0.1) is 22.5 Å². The molecule has 0 bridgehead atoms. The SMILES string of the molecule is O=C(NN=Cc1cc(Br)cc(Br)c1OC(=O)c1ccco1)c1cccc(NC(=O)c2cccc(C(F)(F)F)c2)c1. The highest BCUT2D eigenvalue weighted by Gasteiger charge is 2.31. The maximum absolute atomic E-state index is 13.0. The second kappa shape index (κ2) is 12.3. The summed E-state index contributed by atoms with van der Waals surface area (Å²) in [7, 11) is 0. The first-order valence-electron chi connectivity index (χ1n) is 11.2. The Kier molecular flexibility index (Phi) is 8.85. The molecule has 0 spiro atoms. The summed E-state index contributed by atoms with van der Waals surface area (Å²) in [5.74, 6) is -2.04. The number of rotatable bonds is 7. The summed E-state index contributed by atoms with van der Waals surface area (Å²) < 4.78 is 50.4. The molecule has 1 aromatic heterocycles. The Bertz CT molecular complexity index is 1610. The van der Waals surface area contributed by atoms with Crippen molar-refractivity contribution in [3.8, 4) is 5.75 Å². The number of ether oxygens (including phenoxy) is 1. The minimum Gasteiger partial charge on any atom is -0.457 e. The lowest BCUT2D eigenvalue weighted by molar-refractivity contribution is -0.137. The largest absolute Gasteiger partial charge is 0.457 e. The number of carbonyl (C=O) groups excluding carboxylic acids is 3. The third-order valence-corrected chi connectivity index (χ3v) is 6.21. The number of hydrazone groups is 1. The summed E-state index contributed by atoms with van der Waals surface area (Å²) >= 11 is 6.67. The lowest BCUT2D eigenvalue weighted by Gasteiger charge is -2.10. The van der Waals surface area contributed by atoms with Crippen LogP contribution in [0.25, 0.3) is 0 Å². The van der Waals surface area contributed by atoms with E-state index in [1.165, 1.54) is 54.9 Å². The first-order valence-corrected chi connectivity index (χ1v) is 12.8. The fourth-order valence-electron chi connectivity index (χ4n) is 3.32. The molecule has 4 aromatic rings. The van der Waals surface area contributed by atoms with Gasteiger partial charge in [-0.05, 0) is 76.6 Å². The monoisotopic (exact) mass is 677 g/mol. The van der Waals surface area contributed by atoms with E-state index in [0.717, 1.165) is 18.2 Å². The summed E-state index contributed by atoms with van der Waals surface area (Å²) in [5.41, 5.74) is 1.81. The van der Waals surface area contributed by atoms with Crippen molar-refractivity contribution in [3.63, 3.8) is 0 Å². The first-order chi connectivity index (χ1) is 19.0. The lowest BCUT2D eigenvalue weighted by Crippen LogP contribution is -2.19. The Hall–Kier alpha value is -4.23. The van der Waals surface area contributed by atoms with Crippen molar-refractivity contribution in [3.05, 3.63) is 116 Å². The molecule has 40 heavy (non-hydrogen) atoms. The number of halogens is 5. The minimum atomic E-state index is -4.59. The average Bonchev–Trinajstić information content (AvgIpc) is 3.45. The van der Waals surface area contributed by atoms with Crippen molar-refractivity contribution in [1.82, 2.24) is 5.43 Å². The molecule has 3 aromatic carbocycles. The number of benzene rings is 3. The molecular weight excluding hydrogens is 663 g/mol. The Labute approximate surface area is 241 Å². The van der Waals surface area contributed by atoms with E-state index in [1.54, 1.807) is 12.1 Å². The van der Waals surface area contributed by atoms with Crippen LogP contribution in [0.4, 0.5) is 18.9 Å². The predicted octanol–water partition coefficient (Wildman–Crippen LogP) is 7.06. The maximum atomic E-state index is 13.0.